The second-order valence-electron chi connectivity index (χ2n) is 7.49. The van der Waals surface area contributed by atoms with Crippen molar-refractivity contribution in [2.45, 2.75) is 39.2 Å². The van der Waals surface area contributed by atoms with Gasteiger partial charge >= 0.3 is 0 Å². The molecule has 1 aromatic carbocycles. The number of benzene rings is 1. The first kappa shape index (κ1) is 15.8. The number of rotatable bonds is 3. The molecule has 3 atom stereocenters. The van der Waals surface area contributed by atoms with Crippen LogP contribution in [0.1, 0.15) is 39.2 Å². The summed E-state index contributed by atoms with van der Waals surface area (Å²) in [5, 5.41) is 25.7. The number of fused-ring (bicyclic) bond motifs is 1. The highest BCUT2D eigenvalue weighted by Gasteiger charge is 2.66. The van der Waals surface area contributed by atoms with Gasteiger partial charge in [0.15, 0.2) is 6.21 Å². The lowest BCUT2D eigenvalue weighted by Crippen LogP contribution is -2.48. The predicted molar refractivity (Wildman–Crippen MR) is 89.4 cm³/mol. The van der Waals surface area contributed by atoms with Crippen molar-refractivity contribution in [2.24, 2.45) is 22.4 Å². The van der Waals surface area contributed by atoms with Gasteiger partial charge in [0.1, 0.15) is 11.5 Å². The Morgan fingerprint density at radius 3 is 2.48 bits per heavy atom. The monoisotopic (exact) mass is 316 g/mol. The van der Waals surface area contributed by atoms with Crippen LogP contribution in [0.3, 0.4) is 0 Å². The highest BCUT2D eigenvalue weighted by atomic mass is 16.5. The molecular weight excluding hydrogens is 292 g/mol. The number of hydrogen-bond acceptors (Lipinski definition) is 4. The molecule has 2 saturated carbocycles. The summed E-state index contributed by atoms with van der Waals surface area (Å²) in [5.74, 6) is 1.79. The molecule has 1 N–H and O–H groups in total. The minimum absolute atomic E-state index is 0.231. The Bertz CT molecular complexity index is 663. The second-order valence-corrected chi connectivity index (χ2v) is 7.49. The van der Waals surface area contributed by atoms with Crippen molar-refractivity contribution in [3.05, 3.63) is 35.0 Å². The van der Waals surface area contributed by atoms with E-state index >= 15 is 0 Å². The number of methoxy groups -OCH3 is 1. The zero-order chi connectivity index (χ0) is 16.8. The molecule has 2 aliphatic carbocycles. The van der Waals surface area contributed by atoms with E-state index in [1.165, 1.54) is 0 Å². The van der Waals surface area contributed by atoms with Crippen LogP contribution in [0.4, 0.5) is 0 Å². The van der Waals surface area contributed by atoms with Gasteiger partial charge in [0, 0.05) is 18.9 Å². The van der Waals surface area contributed by atoms with Gasteiger partial charge in [0.25, 0.3) is 0 Å². The van der Waals surface area contributed by atoms with Crippen molar-refractivity contribution < 1.29 is 14.7 Å². The molecule has 0 aromatic heterocycles. The quantitative estimate of drug-likeness (QED) is 0.306. The first-order chi connectivity index (χ1) is 10.8. The number of nitrogens with zero attached hydrogens (tertiary/aromatic N) is 2. The van der Waals surface area contributed by atoms with Gasteiger partial charge in [-0.25, -0.2) is 4.74 Å². The number of ether oxygens (including phenoxy) is 1. The molecule has 23 heavy (non-hydrogen) atoms. The van der Waals surface area contributed by atoms with E-state index in [-0.39, 0.29) is 5.41 Å². The number of hydrogen-bond donors (Lipinski definition) is 1. The lowest BCUT2D eigenvalue weighted by molar-refractivity contribution is -0.521. The van der Waals surface area contributed by atoms with Gasteiger partial charge in [-0.2, -0.15) is 0 Å². The third-order valence-corrected chi connectivity index (χ3v) is 5.93. The van der Waals surface area contributed by atoms with Crippen molar-refractivity contribution in [2.75, 3.05) is 7.11 Å². The predicted octanol–water partition coefficient (Wildman–Crippen LogP) is 3.28. The third-order valence-electron chi connectivity index (χ3n) is 5.93. The van der Waals surface area contributed by atoms with Crippen molar-refractivity contribution in [1.29, 1.82) is 0 Å². The molecule has 2 aliphatic rings. The van der Waals surface area contributed by atoms with Crippen molar-refractivity contribution >= 4 is 11.9 Å². The van der Waals surface area contributed by atoms with Crippen LogP contribution in [0.5, 0.6) is 5.75 Å². The summed E-state index contributed by atoms with van der Waals surface area (Å²) < 4.78 is 6.08. The number of hydroxylamine groups is 1. The molecule has 0 amide bonds. The van der Waals surface area contributed by atoms with E-state index in [1.54, 1.807) is 13.3 Å². The van der Waals surface area contributed by atoms with E-state index in [4.69, 9.17) is 4.74 Å². The first-order valence-corrected chi connectivity index (χ1v) is 7.99. The van der Waals surface area contributed by atoms with Crippen LogP contribution in [-0.4, -0.2) is 34.5 Å². The minimum Gasteiger partial charge on any atom is -0.623 e. The van der Waals surface area contributed by atoms with Crippen LogP contribution < -0.4 is 4.74 Å². The minimum atomic E-state index is -0.788. The van der Waals surface area contributed by atoms with E-state index < -0.39 is 5.54 Å². The van der Waals surface area contributed by atoms with E-state index in [1.807, 2.05) is 31.2 Å². The molecule has 2 fully saturated rings. The summed E-state index contributed by atoms with van der Waals surface area (Å²) in [7, 11) is 1.61. The standard InChI is InChI=1S/C18H24N2O3/c1-17(2)14-9-16(19-21)18(3,10-15(14)17)20(22)11-12-5-7-13(23-4)8-6-12/h5-8,11,14-15,21H,9-10H2,1-4H3/b19-16+,20-11+. The molecule has 1 aromatic rings. The molecule has 5 heteroatoms. The lowest BCUT2D eigenvalue weighted by Gasteiger charge is -2.31. The van der Waals surface area contributed by atoms with E-state index in [0.29, 0.717) is 24.0 Å². The fourth-order valence-corrected chi connectivity index (χ4v) is 3.98. The van der Waals surface area contributed by atoms with Crippen LogP contribution >= 0.6 is 0 Å². The number of oxime groups is 1. The average molecular weight is 316 g/mol. The van der Waals surface area contributed by atoms with Gasteiger partial charge in [-0.15, -0.1) is 0 Å². The highest BCUT2D eigenvalue weighted by molar-refractivity contribution is 5.94. The average Bonchev–Trinajstić information content (AvgIpc) is 3.06. The third kappa shape index (κ3) is 2.48. The summed E-state index contributed by atoms with van der Waals surface area (Å²) in [4.78, 5) is 0. The van der Waals surface area contributed by atoms with Crippen molar-refractivity contribution in [3.63, 3.8) is 0 Å². The Hall–Kier alpha value is -2.04. The summed E-state index contributed by atoms with van der Waals surface area (Å²) in [6.07, 6.45) is 2.99. The molecule has 5 nitrogen and oxygen atoms in total. The Balaban J connectivity index is 1.89. The maximum Gasteiger partial charge on any atom is 0.211 e. The van der Waals surface area contributed by atoms with Crippen molar-refractivity contribution in [3.8, 4) is 5.75 Å². The second kappa shape index (κ2) is 5.25. The SMILES string of the molecule is COc1ccc(/C=[N+](/[O-])C2(C)CC3C(C/C2=N\O)C3(C)C)cc1. The fourth-order valence-electron chi connectivity index (χ4n) is 3.98. The summed E-state index contributed by atoms with van der Waals surface area (Å²) in [6, 6.07) is 7.33. The van der Waals surface area contributed by atoms with Gasteiger partial charge in [0.05, 0.1) is 7.11 Å². The Labute approximate surface area is 136 Å². The maximum atomic E-state index is 12.8. The van der Waals surface area contributed by atoms with Gasteiger partial charge < -0.3 is 15.2 Å². The molecule has 124 valence electrons. The van der Waals surface area contributed by atoms with Gasteiger partial charge in [0.2, 0.25) is 5.54 Å². The molecule has 0 aliphatic heterocycles. The van der Waals surface area contributed by atoms with E-state index in [2.05, 4.69) is 19.0 Å². The lowest BCUT2D eigenvalue weighted by atomic mass is 9.81. The molecule has 3 rings (SSSR count). The Kier molecular flexibility index (Phi) is 3.62. The molecule has 0 spiro atoms. The molecule has 0 bridgehead atoms. The molecule has 0 heterocycles. The topological polar surface area (TPSA) is 67.9 Å². The van der Waals surface area contributed by atoms with Gasteiger partial charge in [-0.1, -0.05) is 19.0 Å². The molecule has 0 radical (unpaired) electrons. The largest absolute Gasteiger partial charge is 0.623 e. The van der Waals surface area contributed by atoms with Crippen LogP contribution in [0.25, 0.3) is 0 Å². The van der Waals surface area contributed by atoms with Gasteiger partial charge in [-0.05, 0) is 47.9 Å². The van der Waals surface area contributed by atoms with Crippen LogP contribution in [0, 0.1) is 22.5 Å². The van der Waals surface area contributed by atoms with Gasteiger partial charge in [-0.3, -0.25) is 0 Å². The van der Waals surface area contributed by atoms with Crippen LogP contribution in [0.15, 0.2) is 29.4 Å². The summed E-state index contributed by atoms with van der Waals surface area (Å²) in [5.41, 5.74) is 0.832. The Morgan fingerprint density at radius 1 is 1.26 bits per heavy atom. The molecule has 0 saturated heterocycles. The normalized spacial score (nSPS) is 34.1. The van der Waals surface area contributed by atoms with Crippen LogP contribution in [-0.2, 0) is 0 Å². The maximum absolute atomic E-state index is 12.8. The Morgan fingerprint density at radius 2 is 1.91 bits per heavy atom. The molecule has 3 unspecified atom stereocenters. The first-order valence-electron chi connectivity index (χ1n) is 7.99. The summed E-state index contributed by atoms with van der Waals surface area (Å²) in [6.45, 7) is 6.33. The smallest absolute Gasteiger partial charge is 0.211 e. The summed E-state index contributed by atoms with van der Waals surface area (Å²) >= 11 is 0. The fraction of sp³-hybridized carbons (Fsp3) is 0.556. The zero-order valence-electron chi connectivity index (χ0n) is 14.1. The van der Waals surface area contributed by atoms with Crippen molar-refractivity contribution in [1.82, 2.24) is 0 Å². The van der Waals surface area contributed by atoms with E-state index in [9.17, 15) is 10.4 Å². The zero-order valence-corrected chi connectivity index (χ0v) is 14.1. The molecular formula is C18H24N2O3. The highest BCUT2D eigenvalue weighted by Crippen LogP contribution is 2.66. The van der Waals surface area contributed by atoms with E-state index in [0.717, 1.165) is 22.5 Å². The van der Waals surface area contributed by atoms with Crippen LogP contribution in [0.2, 0.25) is 0 Å².